The van der Waals surface area contributed by atoms with E-state index in [1.165, 1.54) is 24.5 Å². The van der Waals surface area contributed by atoms with Gasteiger partial charge in [-0.2, -0.15) is 0 Å². The number of aromatic nitrogens is 1. The first-order chi connectivity index (χ1) is 5.00. The quantitative estimate of drug-likeness (QED) is 0.475. The van der Waals surface area contributed by atoms with Crippen molar-refractivity contribution in [3.8, 4) is 0 Å². The summed E-state index contributed by atoms with van der Waals surface area (Å²) in [6.07, 6.45) is 2.49. The molecular weight excluding hydrogens is 102 g/mol. The zero-order valence-corrected chi connectivity index (χ0v) is 4.16. The summed E-state index contributed by atoms with van der Waals surface area (Å²) in [5, 5.41) is 0. The molecule has 0 aliphatic heterocycles. The largest absolute Gasteiger partial charge is 0.357 e. The van der Waals surface area contributed by atoms with Crippen LogP contribution in [0.1, 0.15) is 4.11 Å². The number of aryl methyl sites for hydroxylation is 1. The van der Waals surface area contributed by atoms with E-state index in [0.29, 0.717) is 0 Å². The summed E-state index contributed by atoms with van der Waals surface area (Å²) in [7, 11) is 0. The third kappa shape index (κ3) is 0.964. The Balaban J connectivity index is 3.09. The Morgan fingerprint density at radius 1 is 1.62 bits per heavy atom. The Hall–Kier alpha value is -1.05. The minimum absolute atomic E-state index is 0.189. The number of rotatable bonds is 0. The molecule has 0 atom stereocenters. The molecule has 0 N–H and O–H groups in total. The highest BCUT2D eigenvalue weighted by Gasteiger charge is 1.76. The molecule has 0 saturated heterocycles. The van der Waals surface area contributed by atoms with Crippen molar-refractivity contribution in [1.82, 2.24) is 4.57 Å². The van der Waals surface area contributed by atoms with Crippen LogP contribution in [-0.4, -0.2) is 4.57 Å². The molecule has 0 aromatic carbocycles. The van der Waals surface area contributed by atoms with Crippen molar-refractivity contribution < 1.29 is 4.11 Å². The number of nitrogens with zero attached hydrogens (tertiary/aromatic N) is 1. The molecule has 0 aliphatic rings. The van der Waals surface area contributed by atoms with Crippen LogP contribution in [-0.2, 0) is 6.98 Å². The van der Waals surface area contributed by atoms with E-state index >= 15 is 0 Å². The lowest BCUT2D eigenvalue weighted by molar-refractivity contribution is 0.900. The highest BCUT2D eigenvalue weighted by atomic mass is 16.1. The van der Waals surface area contributed by atoms with Gasteiger partial charge in [0.2, 0.25) is 0 Å². The van der Waals surface area contributed by atoms with Crippen molar-refractivity contribution in [3.63, 3.8) is 0 Å². The molecule has 8 heavy (non-hydrogen) atoms. The minimum atomic E-state index is -2.19. The van der Waals surface area contributed by atoms with E-state index in [1.54, 1.807) is 0 Å². The molecule has 1 aromatic rings. The third-order valence-corrected chi connectivity index (χ3v) is 0.799. The van der Waals surface area contributed by atoms with Crippen LogP contribution in [0.2, 0.25) is 0 Å². The summed E-state index contributed by atoms with van der Waals surface area (Å²) in [6.45, 7) is -2.19. The fourth-order valence-corrected chi connectivity index (χ4v) is 0.413. The second-order valence-electron chi connectivity index (χ2n) is 1.44. The molecule has 1 heterocycles. The highest BCUT2D eigenvalue weighted by Crippen LogP contribution is 1.73. The monoisotopic (exact) mass is 112 g/mol. The van der Waals surface area contributed by atoms with Crippen molar-refractivity contribution in [2.75, 3.05) is 0 Å². The smallest absolute Gasteiger partial charge is 0.181 e. The van der Waals surface area contributed by atoms with Gasteiger partial charge in [0.1, 0.15) is 0 Å². The van der Waals surface area contributed by atoms with Crippen LogP contribution >= 0.6 is 0 Å². The van der Waals surface area contributed by atoms with Gasteiger partial charge in [-0.1, -0.05) is 0 Å². The molecule has 0 saturated carbocycles. The SMILES string of the molecule is [2H]C([2H])([2H])n1ccc(=O)cc1. The normalized spacial score (nSPS) is 16.2. The number of hydrogen-bond acceptors (Lipinski definition) is 1. The van der Waals surface area contributed by atoms with Gasteiger partial charge in [0, 0.05) is 35.6 Å². The van der Waals surface area contributed by atoms with Gasteiger partial charge < -0.3 is 4.57 Å². The summed E-state index contributed by atoms with van der Waals surface area (Å²) < 4.78 is 21.8. The fraction of sp³-hybridized carbons (Fsp3) is 0.167. The van der Waals surface area contributed by atoms with Crippen LogP contribution in [0.4, 0.5) is 0 Å². The van der Waals surface area contributed by atoms with Crippen LogP contribution < -0.4 is 5.43 Å². The van der Waals surface area contributed by atoms with Crippen LogP contribution in [0.5, 0.6) is 0 Å². The van der Waals surface area contributed by atoms with Crippen LogP contribution in [0.15, 0.2) is 29.3 Å². The predicted molar refractivity (Wildman–Crippen MR) is 31.7 cm³/mol. The van der Waals surface area contributed by atoms with Crippen molar-refractivity contribution in [2.45, 2.75) is 0 Å². The molecular formula is C6H7NO. The molecule has 0 amide bonds. The molecule has 0 fully saturated rings. The molecule has 0 aliphatic carbocycles. The first-order valence-corrected chi connectivity index (χ1v) is 2.19. The van der Waals surface area contributed by atoms with E-state index in [0.717, 1.165) is 4.57 Å². The maximum absolute atomic E-state index is 10.6. The summed E-state index contributed by atoms with van der Waals surface area (Å²) in [4.78, 5) is 10.6. The molecule has 1 aromatic heterocycles. The van der Waals surface area contributed by atoms with E-state index in [-0.39, 0.29) is 5.43 Å². The van der Waals surface area contributed by atoms with Gasteiger partial charge in [0.05, 0.1) is 0 Å². The molecule has 0 unspecified atom stereocenters. The zero-order valence-electron chi connectivity index (χ0n) is 7.16. The van der Waals surface area contributed by atoms with E-state index in [2.05, 4.69) is 0 Å². The molecule has 0 radical (unpaired) electrons. The predicted octanol–water partition coefficient (Wildman–Crippen LogP) is 0.385. The molecule has 0 spiro atoms. The molecule has 0 bridgehead atoms. The Kier molecular flexibility index (Phi) is 0.565. The van der Waals surface area contributed by atoms with Crippen molar-refractivity contribution >= 4 is 0 Å². The summed E-state index contributed by atoms with van der Waals surface area (Å²) in [6, 6.07) is 2.43. The standard InChI is InChI=1S/C6H7NO/c1-7-4-2-6(8)3-5-7/h2-5H,1H3/i1D3. The van der Waals surface area contributed by atoms with Crippen LogP contribution in [0, 0.1) is 0 Å². The van der Waals surface area contributed by atoms with E-state index in [1.807, 2.05) is 0 Å². The highest BCUT2D eigenvalue weighted by molar-refractivity contribution is 4.92. The third-order valence-electron chi connectivity index (χ3n) is 0.799. The number of pyridine rings is 1. The molecule has 2 nitrogen and oxygen atoms in total. The minimum Gasteiger partial charge on any atom is -0.357 e. The second-order valence-corrected chi connectivity index (χ2v) is 1.44. The topological polar surface area (TPSA) is 22.0 Å². The van der Waals surface area contributed by atoms with Crippen LogP contribution in [0.3, 0.4) is 0 Å². The zero-order chi connectivity index (χ0) is 8.48. The van der Waals surface area contributed by atoms with Gasteiger partial charge in [-0.3, -0.25) is 4.79 Å². The maximum Gasteiger partial charge on any atom is 0.181 e. The summed E-state index contributed by atoms with van der Waals surface area (Å²) >= 11 is 0. The Morgan fingerprint density at radius 2 is 2.25 bits per heavy atom. The number of hydrogen-bond donors (Lipinski definition) is 0. The van der Waals surface area contributed by atoms with E-state index in [4.69, 9.17) is 4.11 Å². The van der Waals surface area contributed by atoms with Gasteiger partial charge in [0.15, 0.2) is 5.43 Å². The average Bonchev–Trinajstić information content (AvgIpc) is 1.86. The van der Waals surface area contributed by atoms with Crippen molar-refractivity contribution in [1.29, 1.82) is 0 Å². The fourth-order valence-electron chi connectivity index (χ4n) is 0.413. The van der Waals surface area contributed by atoms with Gasteiger partial charge in [-0.15, -0.1) is 0 Å². The lowest BCUT2D eigenvalue weighted by Gasteiger charge is -1.89. The van der Waals surface area contributed by atoms with Gasteiger partial charge in [0.25, 0.3) is 0 Å². The maximum atomic E-state index is 10.6. The lowest BCUT2D eigenvalue weighted by Crippen LogP contribution is -1.98. The molecule has 2 heteroatoms. The Bertz CT molecular complexity index is 281. The van der Waals surface area contributed by atoms with Crippen LogP contribution in [0.25, 0.3) is 0 Å². The van der Waals surface area contributed by atoms with E-state index in [9.17, 15) is 4.79 Å². The summed E-state index contributed by atoms with van der Waals surface area (Å²) in [5.74, 6) is 0. The van der Waals surface area contributed by atoms with Gasteiger partial charge in [-0.05, 0) is 0 Å². The van der Waals surface area contributed by atoms with E-state index < -0.39 is 6.98 Å². The van der Waals surface area contributed by atoms with Crippen molar-refractivity contribution in [3.05, 3.63) is 34.7 Å². The average molecular weight is 112 g/mol. The first-order valence-electron chi connectivity index (χ1n) is 3.69. The van der Waals surface area contributed by atoms with Gasteiger partial charge >= 0.3 is 0 Å². The Morgan fingerprint density at radius 3 is 2.75 bits per heavy atom. The second kappa shape index (κ2) is 1.82. The lowest BCUT2D eigenvalue weighted by atomic mass is 10.5. The van der Waals surface area contributed by atoms with Crippen molar-refractivity contribution in [2.24, 2.45) is 6.98 Å². The Labute approximate surface area is 51.6 Å². The summed E-state index contributed by atoms with van der Waals surface area (Å²) in [5.41, 5.74) is -0.189. The first kappa shape index (κ1) is 2.49. The molecule has 1 rings (SSSR count). The molecule has 42 valence electrons. The van der Waals surface area contributed by atoms with Gasteiger partial charge in [-0.25, -0.2) is 0 Å².